The van der Waals surface area contributed by atoms with Crippen LogP contribution in [0, 0.1) is 0 Å². The Morgan fingerprint density at radius 2 is 2.07 bits per heavy atom. The van der Waals surface area contributed by atoms with Gasteiger partial charge in [-0.05, 0) is 24.1 Å². The normalized spacial score (nSPS) is 18.3. The summed E-state index contributed by atoms with van der Waals surface area (Å²) >= 11 is 0. The molecule has 1 atom stereocenters. The number of alkyl halides is 3. The molecule has 1 aliphatic rings. The quantitative estimate of drug-likeness (QED) is 0.589. The summed E-state index contributed by atoms with van der Waals surface area (Å²) in [5.74, 6) is 1.44. The number of likely N-dealkylation sites (tertiary alicyclic amines) is 1. The Bertz CT molecular complexity index is 865. The standard InChI is InChI=1S/C20H27F3N6/c1-24-19(26-15-8-9-29(12-15)13-20(21,22)23)25-11-14-10-18(28(2)3)27-17-7-5-4-6-16(14)17/h4-7,10,15H,8-9,11-13H2,1-3H3,(H2,24,25,26). The van der Waals surface area contributed by atoms with E-state index >= 15 is 0 Å². The average Bonchev–Trinajstić information content (AvgIpc) is 3.09. The van der Waals surface area contributed by atoms with Gasteiger partial charge in [0.2, 0.25) is 0 Å². The molecule has 1 aromatic heterocycles. The van der Waals surface area contributed by atoms with Crippen LogP contribution in [0.5, 0.6) is 0 Å². The summed E-state index contributed by atoms with van der Waals surface area (Å²) in [5.41, 5.74) is 1.99. The molecule has 2 heterocycles. The van der Waals surface area contributed by atoms with Crippen LogP contribution in [0.3, 0.4) is 0 Å². The van der Waals surface area contributed by atoms with Gasteiger partial charge in [0.1, 0.15) is 5.82 Å². The number of hydrogen-bond donors (Lipinski definition) is 2. The number of fused-ring (bicyclic) bond motifs is 1. The zero-order valence-electron chi connectivity index (χ0n) is 16.9. The minimum absolute atomic E-state index is 0.0601. The lowest BCUT2D eigenvalue weighted by atomic mass is 10.1. The van der Waals surface area contributed by atoms with Gasteiger partial charge in [-0.3, -0.25) is 9.89 Å². The highest BCUT2D eigenvalue weighted by atomic mass is 19.4. The van der Waals surface area contributed by atoms with Crippen molar-refractivity contribution in [2.24, 2.45) is 4.99 Å². The van der Waals surface area contributed by atoms with E-state index in [-0.39, 0.29) is 6.04 Å². The van der Waals surface area contributed by atoms with Gasteiger partial charge in [-0.1, -0.05) is 18.2 Å². The Labute approximate surface area is 168 Å². The molecule has 3 rings (SSSR count). The monoisotopic (exact) mass is 408 g/mol. The minimum atomic E-state index is -4.17. The summed E-state index contributed by atoms with van der Waals surface area (Å²) in [5, 5.41) is 7.58. The molecule has 2 N–H and O–H groups in total. The summed E-state index contributed by atoms with van der Waals surface area (Å²) in [7, 11) is 5.55. The van der Waals surface area contributed by atoms with Gasteiger partial charge in [0, 0.05) is 52.2 Å². The number of aliphatic imine (C=N–C) groups is 1. The third-order valence-electron chi connectivity index (χ3n) is 4.93. The smallest absolute Gasteiger partial charge is 0.363 e. The van der Waals surface area contributed by atoms with Crippen LogP contribution < -0.4 is 15.5 Å². The van der Waals surface area contributed by atoms with E-state index in [1.807, 2.05) is 49.3 Å². The van der Waals surface area contributed by atoms with Gasteiger partial charge in [-0.25, -0.2) is 4.98 Å². The number of pyridine rings is 1. The number of rotatable bonds is 5. The second-order valence-corrected chi connectivity index (χ2v) is 7.46. The second-order valence-electron chi connectivity index (χ2n) is 7.46. The van der Waals surface area contributed by atoms with Gasteiger partial charge in [0.15, 0.2) is 5.96 Å². The third kappa shape index (κ3) is 5.72. The van der Waals surface area contributed by atoms with Crippen LogP contribution >= 0.6 is 0 Å². The lowest BCUT2D eigenvalue weighted by Gasteiger charge is -2.20. The van der Waals surface area contributed by atoms with Crippen molar-refractivity contribution in [2.45, 2.75) is 25.2 Å². The predicted molar refractivity (Wildman–Crippen MR) is 110 cm³/mol. The van der Waals surface area contributed by atoms with E-state index in [4.69, 9.17) is 0 Å². The number of nitrogens with one attached hydrogen (secondary N) is 2. The lowest BCUT2D eigenvalue weighted by molar-refractivity contribution is -0.143. The SMILES string of the molecule is CN=C(NCc1cc(N(C)C)nc2ccccc12)NC1CCN(CC(F)(F)F)C1. The van der Waals surface area contributed by atoms with Gasteiger partial charge in [0.05, 0.1) is 12.1 Å². The van der Waals surface area contributed by atoms with E-state index in [1.165, 1.54) is 4.90 Å². The zero-order chi connectivity index (χ0) is 21.0. The molecular formula is C20H27F3N6. The molecule has 1 unspecified atom stereocenters. The molecule has 0 saturated carbocycles. The maximum atomic E-state index is 12.6. The van der Waals surface area contributed by atoms with Gasteiger partial charge in [-0.2, -0.15) is 13.2 Å². The molecule has 1 fully saturated rings. The Balaban J connectivity index is 1.64. The van der Waals surface area contributed by atoms with Gasteiger partial charge in [0.25, 0.3) is 0 Å². The van der Waals surface area contributed by atoms with Crippen molar-refractivity contribution in [3.63, 3.8) is 0 Å². The molecule has 2 aromatic rings. The van der Waals surface area contributed by atoms with Crippen molar-refractivity contribution >= 4 is 22.7 Å². The van der Waals surface area contributed by atoms with E-state index in [0.29, 0.717) is 32.0 Å². The second kappa shape index (κ2) is 8.86. The Hall–Kier alpha value is -2.55. The van der Waals surface area contributed by atoms with Crippen LogP contribution in [0.1, 0.15) is 12.0 Å². The summed E-state index contributed by atoms with van der Waals surface area (Å²) in [6.07, 6.45) is -3.51. The summed E-state index contributed by atoms with van der Waals surface area (Å²) in [6, 6.07) is 9.91. The fourth-order valence-corrected chi connectivity index (χ4v) is 3.52. The van der Waals surface area contributed by atoms with Gasteiger partial charge < -0.3 is 15.5 Å². The summed E-state index contributed by atoms with van der Waals surface area (Å²) < 4.78 is 37.7. The van der Waals surface area contributed by atoms with Crippen LogP contribution in [-0.2, 0) is 6.54 Å². The Morgan fingerprint density at radius 3 is 2.76 bits per heavy atom. The molecule has 0 amide bonds. The minimum Gasteiger partial charge on any atom is -0.363 e. The number of aromatic nitrogens is 1. The fourth-order valence-electron chi connectivity index (χ4n) is 3.52. The Morgan fingerprint density at radius 1 is 1.31 bits per heavy atom. The predicted octanol–water partition coefficient (Wildman–Crippen LogP) is 2.60. The molecular weight excluding hydrogens is 381 g/mol. The van der Waals surface area contributed by atoms with Crippen LogP contribution in [-0.4, -0.2) is 68.8 Å². The maximum Gasteiger partial charge on any atom is 0.401 e. The number of para-hydroxylation sites is 1. The van der Waals surface area contributed by atoms with Crippen molar-refractivity contribution in [1.29, 1.82) is 0 Å². The van der Waals surface area contributed by atoms with Crippen molar-refractivity contribution in [2.75, 3.05) is 45.7 Å². The van der Waals surface area contributed by atoms with Crippen molar-refractivity contribution < 1.29 is 13.2 Å². The number of anilines is 1. The highest BCUT2D eigenvalue weighted by Gasteiger charge is 2.34. The summed E-state index contributed by atoms with van der Waals surface area (Å²) in [6.45, 7) is 0.439. The van der Waals surface area contributed by atoms with E-state index in [1.54, 1.807) is 7.05 Å². The molecule has 1 aliphatic heterocycles. The molecule has 0 aliphatic carbocycles. The van der Waals surface area contributed by atoms with E-state index in [9.17, 15) is 13.2 Å². The number of hydrogen-bond acceptors (Lipinski definition) is 4. The van der Waals surface area contributed by atoms with Crippen molar-refractivity contribution in [3.8, 4) is 0 Å². The number of guanidine groups is 1. The van der Waals surface area contributed by atoms with Crippen molar-refractivity contribution in [3.05, 3.63) is 35.9 Å². The molecule has 0 bridgehead atoms. The molecule has 158 valence electrons. The van der Waals surface area contributed by atoms with E-state index < -0.39 is 12.7 Å². The van der Waals surface area contributed by atoms with E-state index in [0.717, 1.165) is 22.3 Å². The first-order chi connectivity index (χ1) is 13.7. The zero-order valence-corrected chi connectivity index (χ0v) is 16.9. The first-order valence-corrected chi connectivity index (χ1v) is 9.57. The van der Waals surface area contributed by atoms with Crippen molar-refractivity contribution in [1.82, 2.24) is 20.5 Å². The molecule has 9 heteroatoms. The number of nitrogens with zero attached hydrogens (tertiary/aromatic N) is 4. The highest BCUT2D eigenvalue weighted by Crippen LogP contribution is 2.22. The van der Waals surface area contributed by atoms with E-state index in [2.05, 4.69) is 20.6 Å². The average molecular weight is 408 g/mol. The fraction of sp³-hybridized carbons (Fsp3) is 0.500. The molecule has 29 heavy (non-hydrogen) atoms. The molecule has 1 aromatic carbocycles. The van der Waals surface area contributed by atoms with Crippen LogP contribution in [0.2, 0.25) is 0 Å². The largest absolute Gasteiger partial charge is 0.401 e. The molecule has 0 radical (unpaired) electrons. The summed E-state index contributed by atoms with van der Waals surface area (Å²) in [4.78, 5) is 12.3. The van der Waals surface area contributed by atoms with Crippen LogP contribution in [0.25, 0.3) is 10.9 Å². The first-order valence-electron chi connectivity index (χ1n) is 9.57. The van der Waals surface area contributed by atoms with Crippen LogP contribution in [0.4, 0.5) is 19.0 Å². The third-order valence-corrected chi connectivity index (χ3v) is 4.93. The highest BCUT2D eigenvalue weighted by molar-refractivity contribution is 5.85. The van der Waals surface area contributed by atoms with Crippen LogP contribution in [0.15, 0.2) is 35.3 Å². The first kappa shape index (κ1) is 21.2. The molecule has 0 spiro atoms. The number of halogens is 3. The van der Waals surface area contributed by atoms with Gasteiger partial charge >= 0.3 is 6.18 Å². The number of benzene rings is 1. The Kier molecular flexibility index (Phi) is 6.46. The maximum absolute atomic E-state index is 12.6. The van der Waals surface area contributed by atoms with Gasteiger partial charge in [-0.15, -0.1) is 0 Å². The molecule has 6 nitrogen and oxygen atoms in total. The lowest BCUT2D eigenvalue weighted by Crippen LogP contribution is -2.44. The topological polar surface area (TPSA) is 55.8 Å². The molecule has 1 saturated heterocycles.